The van der Waals surface area contributed by atoms with Crippen molar-refractivity contribution in [3.05, 3.63) is 121 Å². The molecule has 0 heterocycles. The molecule has 0 spiro atoms. The normalized spacial score (nSPS) is 11.2. The Hall–Kier alpha value is -2.69. The van der Waals surface area contributed by atoms with Crippen molar-refractivity contribution in [2.24, 2.45) is 0 Å². The number of rotatable bonds is 4. The van der Waals surface area contributed by atoms with Gasteiger partial charge in [0.1, 0.15) is 28.5 Å². The number of benzene rings is 4. The second kappa shape index (κ2) is 7.05. The maximum Gasteiger partial charge on any atom is 1.00 e. The summed E-state index contributed by atoms with van der Waals surface area (Å²) in [4.78, 5) is 0. The third-order valence-electron chi connectivity index (χ3n) is 4.57. The zero-order valence-corrected chi connectivity index (χ0v) is 14.9. The maximum absolute atomic E-state index is 2.28. The Balaban J connectivity index is 0.00000196. The highest BCUT2D eigenvalue weighted by Crippen LogP contribution is 2.53. The van der Waals surface area contributed by atoms with E-state index in [1.54, 1.807) is 0 Å². The third kappa shape index (κ3) is 2.80. The van der Waals surface area contributed by atoms with Gasteiger partial charge in [0.15, 0.2) is 0 Å². The number of hydrogen-bond donors (Lipinski definition) is 0. The molecule has 25 heavy (non-hydrogen) atoms. The molecule has 0 N–H and O–H groups in total. The average molecular weight is 340 g/mol. The van der Waals surface area contributed by atoms with E-state index in [2.05, 4.69) is 121 Å². The monoisotopic (exact) mass is 340 g/mol. The molecule has 0 amide bonds. The second-order valence-electron chi connectivity index (χ2n) is 6.01. The van der Waals surface area contributed by atoms with Gasteiger partial charge in [0, 0.05) is 0 Å². The van der Waals surface area contributed by atoms with Crippen molar-refractivity contribution in [3.63, 3.8) is 0 Å². The first-order chi connectivity index (χ1) is 12.4. The van der Waals surface area contributed by atoms with E-state index in [0.29, 0.717) is 0 Å². The van der Waals surface area contributed by atoms with Crippen molar-refractivity contribution in [1.29, 1.82) is 0 Å². The molecule has 120 valence electrons. The van der Waals surface area contributed by atoms with Crippen LogP contribution in [-0.2, 0) is 0 Å². The fourth-order valence-electron chi connectivity index (χ4n) is 3.50. The molecule has 0 aliphatic heterocycles. The quantitative estimate of drug-likeness (QED) is 0.483. The minimum atomic E-state index is -1.91. The molecule has 0 aliphatic rings. The summed E-state index contributed by atoms with van der Waals surface area (Å²) in [6, 6.07) is 43.8. The summed E-state index contributed by atoms with van der Waals surface area (Å²) < 4.78 is 0. The molecular weight excluding hydrogens is 319 g/mol. The molecular formula is C24H21P+2. The van der Waals surface area contributed by atoms with Crippen LogP contribution in [0.4, 0.5) is 0 Å². The Bertz CT molecular complexity index is 759. The van der Waals surface area contributed by atoms with Crippen LogP contribution in [0.1, 0.15) is 1.43 Å². The van der Waals surface area contributed by atoms with E-state index in [0.717, 1.165) is 0 Å². The molecule has 1 heteroatoms. The van der Waals surface area contributed by atoms with Gasteiger partial charge in [-0.3, -0.25) is 0 Å². The van der Waals surface area contributed by atoms with Gasteiger partial charge in [-0.2, -0.15) is 0 Å². The molecule has 0 saturated carbocycles. The van der Waals surface area contributed by atoms with Gasteiger partial charge in [-0.25, -0.2) is 0 Å². The first kappa shape index (κ1) is 15.8. The predicted octanol–water partition coefficient (Wildman–Crippen LogP) is 4.42. The zero-order valence-electron chi connectivity index (χ0n) is 15.0. The first-order valence-corrected chi connectivity index (χ1v) is 10.3. The van der Waals surface area contributed by atoms with Crippen LogP contribution in [0.15, 0.2) is 121 Å². The standard InChI is InChI=1S/C24H20P/c1-5-13-21(14-6-1)25(22-15-7-2-8-16-22,23-17-9-3-10-18-23)24-19-11-4-12-20-24/h1-20H/q+1/p+1. The number of hydrogen-bond acceptors (Lipinski definition) is 0. The molecule has 0 unspecified atom stereocenters. The highest BCUT2D eigenvalue weighted by Gasteiger charge is 2.47. The third-order valence-corrected chi connectivity index (χ3v) is 8.86. The molecule has 4 aromatic rings. The van der Waals surface area contributed by atoms with Crippen LogP contribution in [0.3, 0.4) is 0 Å². The average Bonchev–Trinajstić information content (AvgIpc) is 2.72. The molecule has 0 atom stereocenters. The lowest BCUT2D eigenvalue weighted by Gasteiger charge is -2.27. The fraction of sp³-hybridized carbons (Fsp3) is 0. The van der Waals surface area contributed by atoms with E-state index in [9.17, 15) is 0 Å². The molecule has 0 aliphatic carbocycles. The van der Waals surface area contributed by atoms with Crippen LogP contribution in [0.5, 0.6) is 0 Å². The van der Waals surface area contributed by atoms with Gasteiger partial charge in [0.2, 0.25) is 0 Å². The Labute approximate surface area is 151 Å². The lowest BCUT2D eigenvalue weighted by molar-refractivity contribution is 1.71. The molecule has 4 aromatic carbocycles. The summed E-state index contributed by atoms with van der Waals surface area (Å²) in [6.45, 7) is 0. The summed E-state index contributed by atoms with van der Waals surface area (Å²) in [5.74, 6) is 0. The SMILES string of the molecule is [H+].c1ccc([P+](c2ccccc2)(c2ccccc2)c2ccccc2)cc1. The highest BCUT2D eigenvalue weighted by atomic mass is 31.2. The summed E-state index contributed by atoms with van der Waals surface area (Å²) >= 11 is 0. The summed E-state index contributed by atoms with van der Waals surface area (Å²) in [6.07, 6.45) is 0. The summed E-state index contributed by atoms with van der Waals surface area (Å²) in [5.41, 5.74) is 0. The van der Waals surface area contributed by atoms with E-state index in [-0.39, 0.29) is 1.43 Å². The lowest BCUT2D eigenvalue weighted by Crippen LogP contribution is -2.38. The second-order valence-corrected chi connectivity index (χ2v) is 9.42. The zero-order chi connectivity index (χ0) is 17.0. The van der Waals surface area contributed by atoms with E-state index in [4.69, 9.17) is 0 Å². The van der Waals surface area contributed by atoms with Crippen molar-refractivity contribution in [1.82, 2.24) is 0 Å². The maximum atomic E-state index is 2.28. The van der Waals surface area contributed by atoms with E-state index in [1.165, 1.54) is 21.2 Å². The topological polar surface area (TPSA) is 0 Å². The van der Waals surface area contributed by atoms with Crippen LogP contribution in [-0.4, -0.2) is 0 Å². The molecule has 0 bridgehead atoms. The van der Waals surface area contributed by atoms with Crippen molar-refractivity contribution >= 4 is 28.5 Å². The van der Waals surface area contributed by atoms with Crippen molar-refractivity contribution in [2.45, 2.75) is 0 Å². The summed E-state index contributed by atoms with van der Waals surface area (Å²) in [5, 5.41) is 5.55. The Morgan fingerprint density at radius 2 is 0.520 bits per heavy atom. The van der Waals surface area contributed by atoms with Crippen LogP contribution >= 0.6 is 7.26 Å². The van der Waals surface area contributed by atoms with Gasteiger partial charge >= 0.3 is 1.43 Å². The largest absolute Gasteiger partial charge is 1.00 e. The highest BCUT2D eigenvalue weighted by molar-refractivity contribution is 8.01. The van der Waals surface area contributed by atoms with Gasteiger partial charge in [-0.15, -0.1) is 0 Å². The van der Waals surface area contributed by atoms with Crippen LogP contribution in [0, 0.1) is 0 Å². The van der Waals surface area contributed by atoms with Crippen molar-refractivity contribution < 1.29 is 1.43 Å². The van der Waals surface area contributed by atoms with Crippen LogP contribution < -0.4 is 21.2 Å². The lowest BCUT2D eigenvalue weighted by atomic mass is 10.3. The Morgan fingerprint density at radius 3 is 0.720 bits per heavy atom. The molecule has 4 rings (SSSR count). The van der Waals surface area contributed by atoms with Gasteiger partial charge in [-0.1, -0.05) is 72.8 Å². The smallest absolute Gasteiger partial charge is 0.0620 e. The molecule has 0 fully saturated rings. The van der Waals surface area contributed by atoms with Gasteiger partial charge in [0.25, 0.3) is 0 Å². The minimum absolute atomic E-state index is 0. The molecule has 0 saturated heterocycles. The molecule has 0 nitrogen and oxygen atoms in total. The van der Waals surface area contributed by atoms with E-state index in [1.807, 2.05) is 0 Å². The summed E-state index contributed by atoms with van der Waals surface area (Å²) in [7, 11) is -1.91. The van der Waals surface area contributed by atoms with Gasteiger partial charge in [-0.05, 0) is 48.5 Å². The Morgan fingerprint density at radius 1 is 0.320 bits per heavy atom. The molecule has 0 aromatic heterocycles. The van der Waals surface area contributed by atoms with Gasteiger partial charge < -0.3 is 0 Å². The first-order valence-electron chi connectivity index (χ1n) is 8.54. The predicted molar refractivity (Wildman–Crippen MR) is 112 cm³/mol. The van der Waals surface area contributed by atoms with Crippen LogP contribution in [0.25, 0.3) is 0 Å². The van der Waals surface area contributed by atoms with E-state index < -0.39 is 7.26 Å². The van der Waals surface area contributed by atoms with Crippen molar-refractivity contribution in [3.8, 4) is 0 Å². The molecule has 0 radical (unpaired) electrons. The minimum Gasteiger partial charge on any atom is -0.0620 e. The fourth-order valence-corrected chi connectivity index (χ4v) is 7.77. The Kier molecular flexibility index (Phi) is 4.46. The van der Waals surface area contributed by atoms with Gasteiger partial charge in [0.05, 0.1) is 0 Å². The van der Waals surface area contributed by atoms with E-state index >= 15 is 0 Å². The van der Waals surface area contributed by atoms with Crippen molar-refractivity contribution in [2.75, 3.05) is 0 Å². The van der Waals surface area contributed by atoms with Crippen LogP contribution in [0.2, 0.25) is 0 Å².